The van der Waals surface area contributed by atoms with E-state index < -0.39 is 23.9 Å². The summed E-state index contributed by atoms with van der Waals surface area (Å²) in [7, 11) is 1.37. The van der Waals surface area contributed by atoms with E-state index in [1.165, 1.54) is 25.3 Å². The van der Waals surface area contributed by atoms with Gasteiger partial charge in [-0.15, -0.1) is 0 Å². The van der Waals surface area contributed by atoms with Crippen LogP contribution in [0.15, 0.2) is 53.7 Å². The molecule has 0 unspecified atom stereocenters. The Bertz CT molecular complexity index is 1390. The minimum absolute atomic E-state index is 0.0238. The Hall–Kier alpha value is -3.76. The summed E-state index contributed by atoms with van der Waals surface area (Å²) >= 11 is 0. The van der Waals surface area contributed by atoms with Gasteiger partial charge >= 0.3 is 0 Å². The van der Waals surface area contributed by atoms with E-state index in [1.54, 1.807) is 12.1 Å². The van der Waals surface area contributed by atoms with Crippen LogP contribution in [-0.2, 0) is 16.1 Å². The van der Waals surface area contributed by atoms with Crippen molar-refractivity contribution in [2.75, 3.05) is 40.0 Å². The third-order valence-corrected chi connectivity index (χ3v) is 7.29. The lowest BCUT2D eigenvalue weighted by Crippen LogP contribution is -2.48. The number of nitrogens with one attached hydrogen (secondary N) is 1. The largest absolute Gasteiger partial charge is 0.486 e. The minimum atomic E-state index is -1.21. The number of oxime groups is 1. The topological polar surface area (TPSA) is 92.6 Å². The third kappa shape index (κ3) is 6.51. The molecular formula is C30H33F2N3O5. The van der Waals surface area contributed by atoms with Gasteiger partial charge in [0.25, 0.3) is 5.91 Å². The van der Waals surface area contributed by atoms with Crippen molar-refractivity contribution in [2.45, 2.75) is 37.8 Å². The zero-order chi connectivity index (χ0) is 28.1. The third-order valence-electron chi connectivity index (χ3n) is 7.29. The number of ether oxygens (including phenoxy) is 2. The number of benzene rings is 3. The van der Waals surface area contributed by atoms with Gasteiger partial charge in [0.2, 0.25) is 0 Å². The van der Waals surface area contributed by atoms with Crippen LogP contribution in [0.3, 0.4) is 0 Å². The minimum Gasteiger partial charge on any atom is -0.486 e. The summed E-state index contributed by atoms with van der Waals surface area (Å²) in [6.07, 6.45) is 1.63. The van der Waals surface area contributed by atoms with Gasteiger partial charge in [0.05, 0.1) is 6.04 Å². The Labute approximate surface area is 231 Å². The zero-order valence-electron chi connectivity index (χ0n) is 22.4. The van der Waals surface area contributed by atoms with Crippen LogP contribution in [0.4, 0.5) is 8.78 Å². The number of likely N-dealkylation sites (tertiary alicyclic amines) is 1. The lowest BCUT2D eigenvalue weighted by Gasteiger charge is -2.29. The molecule has 0 aromatic heterocycles. The van der Waals surface area contributed by atoms with E-state index in [0.29, 0.717) is 13.0 Å². The van der Waals surface area contributed by atoms with Crippen molar-refractivity contribution in [3.8, 4) is 11.5 Å². The van der Waals surface area contributed by atoms with Crippen LogP contribution >= 0.6 is 0 Å². The molecule has 1 amide bonds. The molecule has 0 aliphatic carbocycles. The van der Waals surface area contributed by atoms with Crippen molar-refractivity contribution in [3.63, 3.8) is 0 Å². The summed E-state index contributed by atoms with van der Waals surface area (Å²) in [4.78, 5) is 20.5. The van der Waals surface area contributed by atoms with Crippen molar-refractivity contribution in [3.05, 3.63) is 71.3 Å². The fraction of sp³-hybridized carbons (Fsp3) is 0.400. The molecule has 2 atom stereocenters. The van der Waals surface area contributed by atoms with E-state index in [4.69, 9.17) is 14.3 Å². The Morgan fingerprint density at radius 2 is 1.82 bits per heavy atom. The summed E-state index contributed by atoms with van der Waals surface area (Å²) in [5.74, 6) is -1.15. The number of aliphatic hydroxyl groups excluding tert-OH is 1. The van der Waals surface area contributed by atoms with Crippen LogP contribution in [0, 0.1) is 11.6 Å². The van der Waals surface area contributed by atoms with E-state index >= 15 is 0 Å². The molecule has 40 heavy (non-hydrogen) atoms. The fourth-order valence-corrected chi connectivity index (χ4v) is 5.25. The highest BCUT2D eigenvalue weighted by Crippen LogP contribution is 2.36. The average molecular weight is 554 g/mol. The quantitative estimate of drug-likeness (QED) is 0.290. The molecule has 2 aliphatic rings. The first-order chi connectivity index (χ1) is 19.4. The van der Waals surface area contributed by atoms with E-state index in [0.717, 1.165) is 42.3 Å². The molecule has 10 heteroatoms. The summed E-state index contributed by atoms with van der Waals surface area (Å²) in [5, 5.41) is 19.9. The highest BCUT2D eigenvalue weighted by Gasteiger charge is 2.30. The fourth-order valence-electron chi connectivity index (χ4n) is 5.25. The number of halogens is 2. The first-order valence-electron chi connectivity index (χ1n) is 13.5. The highest BCUT2D eigenvalue weighted by molar-refractivity contribution is 6.38. The second-order valence-electron chi connectivity index (χ2n) is 10.1. The van der Waals surface area contributed by atoms with Gasteiger partial charge in [-0.1, -0.05) is 29.4 Å². The Balaban J connectivity index is 1.32. The molecule has 5 rings (SSSR count). The number of fused-ring (bicyclic) bond motifs is 2. The number of carbonyl (C=O) groups excluding carboxylic acids is 1. The van der Waals surface area contributed by atoms with Gasteiger partial charge in [0.1, 0.15) is 38.0 Å². The van der Waals surface area contributed by atoms with Crippen molar-refractivity contribution >= 4 is 22.4 Å². The van der Waals surface area contributed by atoms with Gasteiger partial charge < -0.3 is 29.6 Å². The van der Waals surface area contributed by atoms with Crippen molar-refractivity contribution in [1.29, 1.82) is 0 Å². The number of hydrogen-bond acceptors (Lipinski definition) is 7. The number of hydrogen-bond donors (Lipinski definition) is 2. The first-order valence-corrected chi connectivity index (χ1v) is 13.5. The summed E-state index contributed by atoms with van der Waals surface area (Å²) in [6, 6.07) is 12.3. The van der Waals surface area contributed by atoms with Gasteiger partial charge in [-0.25, -0.2) is 8.78 Å². The van der Waals surface area contributed by atoms with Gasteiger partial charge in [0, 0.05) is 13.0 Å². The first kappa shape index (κ1) is 27.8. The van der Waals surface area contributed by atoms with Crippen molar-refractivity contribution in [2.24, 2.45) is 5.16 Å². The molecule has 1 fully saturated rings. The Morgan fingerprint density at radius 3 is 2.62 bits per heavy atom. The predicted octanol–water partition coefficient (Wildman–Crippen LogP) is 4.14. The van der Waals surface area contributed by atoms with Crippen LogP contribution in [0.25, 0.3) is 10.8 Å². The molecule has 3 aromatic rings. The van der Waals surface area contributed by atoms with Crippen molar-refractivity contribution in [1.82, 2.24) is 10.2 Å². The summed E-state index contributed by atoms with van der Waals surface area (Å²) in [5.41, 5.74) is 1.40. The number of aryl methyl sites for hydroxylation is 1. The van der Waals surface area contributed by atoms with Crippen molar-refractivity contribution < 1.29 is 33.0 Å². The van der Waals surface area contributed by atoms with Gasteiger partial charge in [-0.2, -0.15) is 0 Å². The van der Waals surface area contributed by atoms with E-state index in [-0.39, 0.29) is 48.2 Å². The molecule has 1 saturated heterocycles. The number of carbonyl (C=O) groups is 1. The lowest BCUT2D eigenvalue weighted by molar-refractivity contribution is -0.116. The van der Waals surface area contributed by atoms with Crippen LogP contribution in [-0.4, -0.2) is 67.6 Å². The predicted molar refractivity (Wildman–Crippen MR) is 147 cm³/mol. The van der Waals surface area contributed by atoms with E-state index in [9.17, 15) is 18.7 Å². The molecule has 0 spiro atoms. The van der Waals surface area contributed by atoms with Gasteiger partial charge in [-0.05, 0) is 78.5 Å². The Morgan fingerprint density at radius 1 is 1.07 bits per heavy atom. The maximum Gasteiger partial charge on any atom is 0.269 e. The Kier molecular flexibility index (Phi) is 8.76. The SMILES string of the molecule is CO/N=C(\CCc1ccc2cc(F)ccc2c1)C(=O)N[C@H](CN1CCCC1)[C@H](O)c1cc(F)c2c(c1)OCCO2. The molecule has 2 aliphatic heterocycles. The summed E-state index contributed by atoms with van der Waals surface area (Å²) < 4.78 is 39.2. The smallest absolute Gasteiger partial charge is 0.269 e. The van der Waals surface area contributed by atoms with Gasteiger partial charge in [-0.3, -0.25) is 4.79 Å². The second kappa shape index (κ2) is 12.6. The molecule has 0 saturated carbocycles. The molecule has 0 bridgehead atoms. The zero-order valence-corrected chi connectivity index (χ0v) is 22.4. The molecule has 2 heterocycles. The molecular weight excluding hydrogens is 520 g/mol. The van der Waals surface area contributed by atoms with Gasteiger partial charge in [0.15, 0.2) is 17.3 Å². The second-order valence-corrected chi connectivity index (χ2v) is 10.1. The van der Waals surface area contributed by atoms with Crippen LogP contribution < -0.4 is 14.8 Å². The normalized spacial score (nSPS) is 17.1. The molecule has 212 valence electrons. The molecule has 8 nitrogen and oxygen atoms in total. The van der Waals surface area contributed by atoms with Crippen LogP contribution in [0.1, 0.15) is 36.5 Å². The summed E-state index contributed by atoms with van der Waals surface area (Å²) in [6.45, 7) is 2.60. The lowest BCUT2D eigenvalue weighted by atomic mass is 9.99. The van der Waals surface area contributed by atoms with E-state index in [1.807, 2.05) is 18.2 Å². The maximum atomic E-state index is 14.8. The molecule has 2 N–H and O–H groups in total. The van der Waals surface area contributed by atoms with Crippen LogP contribution in [0.5, 0.6) is 11.5 Å². The number of amides is 1. The number of nitrogens with zero attached hydrogens (tertiary/aromatic N) is 2. The van der Waals surface area contributed by atoms with E-state index in [2.05, 4.69) is 15.4 Å². The molecule has 0 radical (unpaired) electrons. The number of aliphatic hydroxyl groups is 1. The average Bonchev–Trinajstić information content (AvgIpc) is 3.47. The standard InChI is InChI=1S/C30H33F2N3O5/c1-38-34-25(9-5-19-4-6-21-15-23(31)8-7-20(21)14-19)30(37)33-26(18-35-10-2-3-11-35)28(36)22-16-24(32)29-27(17-22)39-12-13-40-29/h4,6-8,14-17,26,28,36H,2-3,5,9-13,18H2,1H3,(H,33,37)/b34-25+/t26-,28-/m1/s1. The number of rotatable bonds is 10. The maximum absolute atomic E-state index is 14.8. The monoisotopic (exact) mass is 553 g/mol. The highest BCUT2D eigenvalue weighted by atomic mass is 19.1. The molecule has 3 aromatic carbocycles. The van der Waals surface area contributed by atoms with Crippen LogP contribution in [0.2, 0.25) is 0 Å².